The molecule has 0 heterocycles. The molecule has 0 aliphatic carbocycles. The molecule has 0 rings (SSSR count). The zero-order valence-corrected chi connectivity index (χ0v) is 5.35. The van der Waals surface area contributed by atoms with Crippen molar-refractivity contribution in [1.82, 2.24) is 5.32 Å². The summed E-state index contributed by atoms with van der Waals surface area (Å²) >= 11 is 0. The van der Waals surface area contributed by atoms with Gasteiger partial charge in [-0.05, 0) is 13.1 Å². The molecule has 3 heteroatoms. The first kappa shape index (κ1) is 7.75. The van der Waals surface area contributed by atoms with Crippen molar-refractivity contribution in [1.29, 1.82) is 0 Å². The Kier molecular flexibility index (Phi) is 3.20. The van der Waals surface area contributed by atoms with Gasteiger partial charge in [0, 0.05) is 11.8 Å². The molecule has 0 atom stereocenters. The maximum absolute atomic E-state index is 10.6. The predicted octanol–water partition coefficient (Wildman–Crippen LogP) is 0.109. The summed E-state index contributed by atoms with van der Waals surface area (Å²) in [6.07, 6.45) is 2.56. The third-order valence-electron chi connectivity index (χ3n) is 0.841. The second-order valence-electron chi connectivity index (χ2n) is 1.53. The van der Waals surface area contributed by atoms with Crippen LogP contribution in [0.25, 0.3) is 0 Å². The molecule has 9 heavy (non-hydrogen) atoms. The summed E-state index contributed by atoms with van der Waals surface area (Å²) in [4.78, 5) is 10.6. The molecule has 0 aliphatic heterocycles. The van der Waals surface area contributed by atoms with Crippen LogP contribution >= 0.6 is 0 Å². The summed E-state index contributed by atoms with van der Waals surface area (Å²) < 4.78 is 0. The fourth-order valence-corrected chi connectivity index (χ4v) is 0.282. The van der Waals surface area contributed by atoms with Crippen molar-refractivity contribution < 1.29 is 4.79 Å². The van der Waals surface area contributed by atoms with E-state index in [1.807, 2.05) is 0 Å². The maximum Gasteiger partial charge on any atom is 0.252 e. The van der Waals surface area contributed by atoms with E-state index in [0.717, 1.165) is 0 Å². The van der Waals surface area contributed by atoms with Gasteiger partial charge < -0.3 is 11.1 Å². The number of rotatable bonds is 2. The van der Waals surface area contributed by atoms with E-state index < -0.39 is 0 Å². The lowest BCUT2D eigenvalue weighted by atomic mass is 10.3. The Morgan fingerprint density at radius 2 is 2.33 bits per heavy atom. The van der Waals surface area contributed by atoms with Crippen molar-refractivity contribution >= 4 is 5.91 Å². The Labute approximate surface area is 54.2 Å². The average Bonchev–Trinajstić information content (AvgIpc) is 1.87. The monoisotopic (exact) mass is 126 g/mol. The average molecular weight is 126 g/mol. The Morgan fingerprint density at radius 1 is 1.78 bits per heavy atom. The third-order valence-corrected chi connectivity index (χ3v) is 0.841. The molecule has 1 amide bonds. The summed E-state index contributed by atoms with van der Waals surface area (Å²) in [6.45, 7) is 4.94. The Morgan fingerprint density at radius 3 is 2.67 bits per heavy atom. The van der Waals surface area contributed by atoms with Crippen molar-refractivity contribution in [2.24, 2.45) is 5.73 Å². The van der Waals surface area contributed by atoms with Crippen molar-refractivity contribution in [2.75, 3.05) is 0 Å². The van der Waals surface area contributed by atoms with Gasteiger partial charge >= 0.3 is 0 Å². The molecule has 0 spiro atoms. The molecule has 50 valence electrons. The molecule has 0 saturated carbocycles. The van der Waals surface area contributed by atoms with E-state index in [2.05, 4.69) is 11.9 Å². The fraction of sp³-hybridized carbons (Fsp3) is 0.167. The van der Waals surface area contributed by atoms with E-state index in [-0.39, 0.29) is 5.91 Å². The smallest absolute Gasteiger partial charge is 0.252 e. The van der Waals surface area contributed by atoms with E-state index in [9.17, 15) is 4.79 Å². The highest BCUT2D eigenvalue weighted by atomic mass is 16.1. The lowest BCUT2D eigenvalue weighted by Gasteiger charge is -1.95. The summed E-state index contributed by atoms with van der Waals surface area (Å²) in [5.41, 5.74) is 5.53. The van der Waals surface area contributed by atoms with Gasteiger partial charge in [-0.15, -0.1) is 0 Å². The topological polar surface area (TPSA) is 55.1 Å². The first-order chi connectivity index (χ1) is 4.22. The molecule has 0 fully saturated rings. The lowest BCUT2D eigenvalue weighted by Crippen LogP contribution is -2.17. The van der Waals surface area contributed by atoms with E-state index >= 15 is 0 Å². The van der Waals surface area contributed by atoms with Crippen molar-refractivity contribution in [2.45, 2.75) is 6.92 Å². The normalized spacial score (nSPS) is 10.6. The predicted molar refractivity (Wildman–Crippen MR) is 36.3 cm³/mol. The lowest BCUT2D eigenvalue weighted by molar-refractivity contribution is -0.116. The van der Waals surface area contributed by atoms with Crippen LogP contribution in [0.2, 0.25) is 0 Å². The van der Waals surface area contributed by atoms with Gasteiger partial charge in [-0.1, -0.05) is 6.58 Å². The molecule has 0 saturated heterocycles. The second kappa shape index (κ2) is 3.72. The SMILES string of the molecule is C=CNC(=O)/C(C)=C\N. The Bertz CT molecular complexity index is 149. The zero-order valence-electron chi connectivity index (χ0n) is 5.35. The second-order valence-corrected chi connectivity index (χ2v) is 1.53. The van der Waals surface area contributed by atoms with Gasteiger partial charge in [0.2, 0.25) is 0 Å². The number of nitrogens with one attached hydrogen (secondary N) is 1. The summed E-state index contributed by atoms with van der Waals surface area (Å²) in [7, 11) is 0. The van der Waals surface area contributed by atoms with Crippen LogP contribution in [0.15, 0.2) is 24.6 Å². The Hall–Kier alpha value is -1.25. The van der Waals surface area contributed by atoms with Crippen LogP contribution in [-0.2, 0) is 4.79 Å². The molecule has 0 unspecified atom stereocenters. The van der Waals surface area contributed by atoms with E-state index in [0.29, 0.717) is 5.57 Å². The number of hydrogen-bond donors (Lipinski definition) is 2. The van der Waals surface area contributed by atoms with Crippen LogP contribution in [0.1, 0.15) is 6.92 Å². The van der Waals surface area contributed by atoms with Gasteiger partial charge in [0.15, 0.2) is 0 Å². The number of carbonyl (C=O) groups is 1. The van der Waals surface area contributed by atoms with Crippen LogP contribution in [0.4, 0.5) is 0 Å². The number of hydrogen-bond acceptors (Lipinski definition) is 2. The summed E-state index contributed by atoms with van der Waals surface area (Å²) in [6, 6.07) is 0. The molecule has 0 radical (unpaired) electrons. The van der Waals surface area contributed by atoms with Crippen LogP contribution in [0.3, 0.4) is 0 Å². The summed E-state index contributed by atoms with van der Waals surface area (Å²) in [5, 5.41) is 2.37. The number of carbonyl (C=O) groups excluding carboxylic acids is 1. The van der Waals surface area contributed by atoms with Crippen LogP contribution in [-0.4, -0.2) is 5.91 Å². The minimum Gasteiger partial charge on any atom is -0.404 e. The minimum atomic E-state index is -0.215. The largest absolute Gasteiger partial charge is 0.404 e. The molecule has 0 aromatic carbocycles. The first-order valence-corrected chi connectivity index (χ1v) is 2.52. The molecule has 3 nitrogen and oxygen atoms in total. The van der Waals surface area contributed by atoms with Gasteiger partial charge in [-0.2, -0.15) is 0 Å². The van der Waals surface area contributed by atoms with Gasteiger partial charge in [0.1, 0.15) is 0 Å². The van der Waals surface area contributed by atoms with Crippen LogP contribution in [0, 0.1) is 0 Å². The van der Waals surface area contributed by atoms with Crippen molar-refractivity contribution in [3.63, 3.8) is 0 Å². The van der Waals surface area contributed by atoms with E-state index in [1.54, 1.807) is 6.92 Å². The minimum absolute atomic E-state index is 0.215. The molecular weight excluding hydrogens is 116 g/mol. The molecule has 0 bridgehead atoms. The number of nitrogens with two attached hydrogens (primary N) is 1. The van der Waals surface area contributed by atoms with Crippen LogP contribution < -0.4 is 11.1 Å². The Balaban J connectivity index is 3.88. The highest BCUT2D eigenvalue weighted by Crippen LogP contribution is 1.86. The standard InChI is InChI=1S/C6H10N2O/c1-3-8-6(9)5(2)4-7/h3-4H,1,7H2,2H3,(H,8,9)/b5-4-. The molecule has 0 aromatic heterocycles. The maximum atomic E-state index is 10.6. The molecule has 0 aromatic rings. The summed E-state index contributed by atoms with van der Waals surface area (Å²) in [5.74, 6) is -0.215. The third kappa shape index (κ3) is 2.54. The van der Waals surface area contributed by atoms with Crippen LogP contribution in [0.5, 0.6) is 0 Å². The number of amides is 1. The van der Waals surface area contributed by atoms with Crippen molar-refractivity contribution in [3.8, 4) is 0 Å². The van der Waals surface area contributed by atoms with E-state index in [4.69, 9.17) is 5.73 Å². The van der Waals surface area contributed by atoms with E-state index in [1.165, 1.54) is 12.4 Å². The molecule has 0 aliphatic rings. The highest BCUT2D eigenvalue weighted by molar-refractivity contribution is 5.93. The quantitative estimate of drug-likeness (QED) is 0.516. The van der Waals surface area contributed by atoms with Gasteiger partial charge in [0.25, 0.3) is 5.91 Å². The van der Waals surface area contributed by atoms with Crippen molar-refractivity contribution in [3.05, 3.63) is 24.6 Å². The van der Waals surface area contributed by atoms with Gasteiger partial charge in [0.05, 0.1) is 0 Å². The molecule has 3 N–H and O–H groups in total. The van der Waals surface area contributed by atoms with Gasteiger partial charge in [-0.25, -0.2) is 0 Å². The fourth-order valence-electron chi connectivity index (χ4n) is 0.282. The van der Waals surface area contributed by atoms with Gasteiger partial charge in [-0.3, -0.25) is 4.79 Å². The molecular formula is C6H10N2O. The first-order valence-electron chi connectivity index (χ1n) is 2.52. The highest BCUT2D eigenvalue weighted by Gasteiger charge is 1.97. The zero-order chi connectivity index (χ0) is 7.28.